The minimum atomic E-state index is -0.898. The Bertz CT molecular complexity index is 329. The van der Waals surface area contributed by atoms with Crippen LogP contribution < -0.4 is 5.32 Å². The first-order chi connectivity index (χ1) is 8.87. The molecule has 0 spiro atoms. The standard InChI is InChI=1S/C14H26N2O3/c1-4-9-14(2,3)15-13(19)16-10-7-5-6-8-11(16)12(17)18/h11H,4-10H2,1-3H3,(H,15,19)(H,17,18). The Hall–Kier alpha value is -1.26. The van der Waals surface area contributed by atoms with Crippen molar-refractivity contribution in [2.75, 3.05) is 6.54 Å². The number of carbonyl (C=O) groups excluding carboxylic acids is 1. The first-order valence-electron chi connectivity index (χ1n) is 7.19. The van der Waals surface area contributed by atoms with E-state index in [0.29, 0.717) is 13.0 Å². The molecule has 1 aliphatic heterocycles. The molecule has 110 valence electrons. The summed E-state index contributed by atoms with van der Waals surface area (Å²) in [7, 11) is 0. The van der Waals surface area contributed by atoms with Gasteiger partial charge < -0.3 is 15.3 Å². The van der Waals surface area contributed by atoms with Crippen molar-refractivity contribution in [1.29, 1.82) is 0 Å². The third-order valence-corrected chi connectivity index (χ3v) is 3.62. The number of nitrogens with one attached hydrogen (secondary N) is 1. The number of urea groups is 1. The van der Waals surface area contributed by atoms with E-state index in [0.717, 1.165) is 32.1 Å². The summed E-state index contributed by atoms with van der Waals surface area (Å²) in [6.07, 6.45) is 5.16. The van der Waals surface area contributed by atoms with Crippen molar-refractivity contribution in [3.05, 3.63) is 0 Å². The smallest absolute Gasteiger partial charge is 0.326 e. The molecule has 0 aliphatic carbocycles. The van der Waals surface area contributed by atoms with Crippen LogP contribution in [0.1, 0.15) is 59.3 Å². The topological polar surface area (TPSA) is 69.6 Å². The van der Waals surface area contributed by atoms with E-state index in [1.807, 2.05) is 13.8 Å². The maximum Gasteiger partial charge on any atom is 0.326 e. The SMILES string of the molecule is CCCC(C)(C)NC(=O)N1CCCCCC1C(=O)O. The molecular formula is C14H26N2O3. The molecule has 2 amide bonds. The highest BCUT2D eigenvalue weighted by atomic mass is 16.4. The fourth-order valence-electron chi connectivity index (χ4n) is 2.66. The number of carboxylic acids is 1. The van der Waals surface area contributed by atoms with Gasteiger partial charge in [-0.15, -0.1) is 0 Å². The third-order valence-electron chi connectivity index (χ3n) is 3.62. The van der Waals surface area contributed by atoms with Crippen LogP contribution in [-0.4, -0.2) is 40.1 Å². The van der Waals surface area contributed by atoms with Crippen LogP contribution in [0.5, 0.6) is 0 Å². The number of aliphatic carboxylic acids is 1. The predicted molar refractivity (Wildman–Crippen MR) is 74.1 cm³/mol. The Balaban J connectivity index is 2.73. The molecule has 1 saturated heterocycles. The van der Waals surface area contributed by atoms with Gasteiger partial charge in [0.25, 0.3) is 0 Å². The second-order valence-corrected chi connectivity index (χ2v) is 5.96. The maximum absolute atomic E-state index is 12.3. The second-order valence-electron chi connectivity index (χ2n) is 5.96. The molecule has 0 aromatic carbocycles. The fraction of sp³-hybridized carbons (Fsp3) is 0.857. The lowest BCUT2D eigenvalue weighted by atomic mass is 9.99. The van der Waals surface area contributed by atoms with Crippen LogP contribution in [0.2, 0.25) is 0 Å². The van der Waals surface area contributed by atoms with Crippen molar-refractivity contribution in [2.45, 2.75) is 70.9 Å². The lowest BCUT2D eigenvalue weighted by molar-refractivity contribution is -0.142. The zero-order valence-electron chi connectivity index (χ0n) is 12.2. The van der Waals surface area contributed by atoms with Crippen LogP contribution in [0.25, 0.3) is 0 Å². The van der Waals surface area contributed by atoms with E-state index in [9.17, 15) is 14.7 Å². The molecule has 0 bridgehead atoms. The van der Waals surface area contributed by atoms with E-state index < -0.39 is 12.0 Å². The van der Waals surface area contributed by atoms with Gasteiger partial charge >= 0.3 is 12.0 Å². The van der Waals surface area contributed by atoms with Gasteiger partial charge in [0.15, 0.2) is 0 Å². The number of carboxylic acid groups (broad SMARTS) is 1. The molecule has 0 saturated carbocycles. The molecule has 1 atom stereocenters. The molecule has 1 unspecified atom stereocenters. The van der Waals surface area contributed by atoms with Crippen molar-refractivity contribution < 1.29 is 14.7 Å². The predicted octanol–water partition coefficient (Wildman–Crippen LogP) is 2.60. The van der Waals surface area contributed by atoms with Crippen molar-refractivity contribution in [3.8, 4) is 0 Å². The van der Waals surface area contributed by atoms with E-state index in [1.54, 1.807) is 0 Å². The first kappa shape index (κ1) is 15.8. The fourth-order valence-corrected chi connectivity index (χ4v) is 2.66. The average molecular weight is 270 g/mol. The second kappa shape index (κ2) is 6.78. The number of nitrogens with zero attached hydrogens (tertiary/aromatic N) is 1. The largest absolute Gasteiger partial charge is 0.480 e. The van der Waals surface area contributed by atoms with E-state index in [4.69, 9.17) is 0 Å². The number of hydrogen-bond donors (Lipinski definition) is 2. The number of amides is 2. The van der Waals surface area contributed by atoms with Crippen LogP contribution >= 0.6 is 0 Å². The van der Waals surface area contributed by atoms with E-state index in [2.05, 4.69) is 12.2 Å². The summed E-state index contributed by atoms with van der Waals surface area (Å²) in [4.78, 5) is 25.1. The lowest BCUT2D eigenvalue weighted by Gasteiger charge is -2.33. The molecule has 5 heteroatoms. The molecule has 1 heterocycles. The van der Waals surface area contributed by atoms with Crippen molar-refractivity contribution in [1.82, 2.24) is 10.2 Å². The molecule has 19 heavy (non-hydrogen) atoms. The monoisotopic (exact) mass is 270 g/mol. The van der Waals surface area contributed by atoms with E-state index in [1.165, 1.54) is 4.90 Å². The first-order valence-corrected chi connectivity index (χ1v) is 7.19. The summed E-state index contributed by atoms with van der Waals surface area (Å²) in [5.41, 5.74) is -0.290. The summed E-state index contributed by atoms with van der Waals surface area (Å²) >= 11 is 0. The zero-order valence-corrected chi connectivity index (χ0v) is 12.2. The number of hydrogen-bond acceptors (Lipinski definition) is 2. The Morgan fingerprint density at radius 1 is 1.32 bits per heavy atom. The van der Waals surface area contributed by atoms with Gasteiger partial charge in [0, 0.05) is 12.1 Å². The number of carbonyl (C=O) groups is 2. The molecule has 1 aliphatic rings. The van der Waals surface area contributed by atoms with Gasteiger partial charge in [0.2, 0.25) is 0 Å². The van der Waals surface area contributed by atoms with Crippen molar-refractivity contribution in [3.63, 3.8) is 0 Å². The maximum atomic E-state index is 12.3. The zero-order chi connectivity index (χ0) is 14.5. The normalized spacial score (nSPS) is 20.8. The highest BCUT2D eigenvalue weighted by molar-refractivity contribution is 5.83. The van der Waals surface area contributed by atoms with Crippen molar-refractivity contribution in [2.24, 2.45) is 0 Å². The Morgan fingerprint density at radius 3 is 2.58 bits per heavy atom. The minimum Gasteiger partial charge on any atom is -0.480 e. The van der Waals surface area contributed by atoms with Gasteiger partial charge in [0.05, 0.1) is 0 Å². The summed E-state index contributed by atoms with van der Waals surface area (Å²) in [5.74, 6) is -0.898. The van der Waals surface area contributed by atoms with Crippen LogP contribution in [0.4, 0.5) is 4.79 Å². The lowest BCUT2D eigenvalue weighted by Crippen LogP contribution is -2.54. The van der Waals surface area contributed by atoms with Gasteiger partial charge in [-0.05, 0) is 33.1 Å². The Morgan fingerprint density at radius 2 is 2.00 bits per heavy atom. The summed E-state index contributed by atoms with van der Waals surface area (Å²) in [6.45, 7) is 6.55. The molecule has 0 radical (unpaired) electrons. The van der Waals surface area contributed by atoms with Crippen LogP contribution in [0.3, 0.4) is 0 Å². The van der Waals surface area contributed by atoms with Crippen LogP contribution in [0, 0.1) is 0 Å². The van der Waals surface area contributed by atoms with Gasteiger partial charge in [0.1, 0.15) is 6.04 Å². The van der Waals surface area contributed by atoms with Gasteiger partial charge in [-0.2, -0.15) is 0 Å². The number of rotatable bonds is 4. The molecular weight excluding hydrogens is 244 g/mol. The highest BCUT2D eigenvalue weighted by Crippen LogP contribution is 2.19. The molecule has 0 aromatic heterocycles. The Kier molecular flexibility index (Phi) is 5.63. The van der Waals surface area contributed by atoms with Gasteiger partial charge in [-0.1, -0.05) is 26.2 Å². The minimum absolute atomic E-state index is 0.243. The van der Waals surface area contributed by atoms with Crippen molar-refractivity contribution >= 4 is 12.0 Å². The van der Waals surface area contributed by atoms with Gasteiger partial charge in [-0.25, -0.2) is 9.59 Å². The third kappa shape index (κ3) is 4.73. The highest BCUT2D eigenvalue weighted by Gasteiger charge is 2.32. The summed E-state index contributed by atoms with van der Waals surface area (Å²) in [6, 6.07) is -0.923. The molecule has 1 fully saturated rings. The average Bonchev–Trinajstić information content (AvgIpc) is 2.52. The Labute approximate surface area is 115 Å². The summed E-state index contributed by atoms with van der Waals surface area (Å²) < 4.78 is 0. The van der Waals surface area contributed by atoms with E-state index in [-0.39, 0.29) is 11.6 Å². The van der Waals surface area contributed by atoms with Crippen LogP contribution in [0.15, 0.2) is 0 Å². The quantitative estimate of drug-likeness (QED) is 0.825. The molecule has 5 nitrogen and oxygen atoms in total. The van der Waals surface area contributed by atoms with Crippen LogP contribution in [-0.2, 0) is 4.79 Å². The van der Waals surface area contributed by atoms with Gasteiger partial charge in [-0.3, -0.25) is 0 Å². The molecule has 1 rings (SSSR count). The summed E-state index contributed by atoms with van der Waals surface area (Å²) in [5, 5.41) is 12.2. The molecule has 0 aromatic rings. The number of likely N-dealkylation sites (tertiary alicyclic amines) is 1. The molecule has 2 N–H and O–H groups in total. The van der Waals surface area contributed by atoms with E-state index >= 15 is 0 Å².